The maximum Gasteiger partial charge on any atom is 0.418 e. The van der Waals surface area contributed by atoms with Crippen LogP contribution < -0.4 is 10.5 Å². The highest BCUT2D eigenvalue weighted by Gasteiger charge is 2.36. The molecule has 6 rings (SSSR count). The van der Waals surface area contributed by atoms with Crippen LogP contribution in [-0.2, 0) is 6.18 Å². The molecule has 0 bridgehead atoms. The van der Waals surface area contributed by atoms with Crippen LogP contribution in [0.1, 0.15) is 17.5 Å². The Morgan fingerprint density at radius 3 is 2.64 bits per heavy atom. The minimum atomic E-state index is -4.75. The number of nitrogens with zero attached hydrogens (tertiary/aromatic N) is 5. The van der Waals surface area contributed by atoms with E-state index in [2.05, 4.69) is 15.1 Å². The Morgan fingerprint density at radius 2 is 1.92 bits per heavy atom. The monoisotopic (exact) mass is 533 g/mol. The topological polar surface area (TPSA) is 97.3 Å². The van der Waals surface area contributed by atoms with E-state index in [4.69, 9.17) is 4.42 Å². The summed E-state index contributed by atoms with van der Waals surface area (Å²) in [5, 5.41) is 14.9. The van der Waals surface area contributed by atoms with Gasteiger partial charge in [-0.25, -0.2) is 4.98 Å². The highest BCUT2D eigenvalue weighted by atomic mass is 19.4. The zero-order valence-corrected chi connectivity index (χ0v) is 20.7. The number of halogens is 3. The van der Waals surface area contributed by atoms with Crippen LogP contribution in [0.3, 0.4) is 0 Å². The molecule has 39 heavy (non-hydrogen) atoms. The van der Waals surface area contributed by atoms with E-state index in [0.717, 1.165) is 16.3 Å². The number of aryl methyl sites for hydroxylation is 1. The Bertz CT molecular complexity index is 1750. The van der Waals surface area contributed by atoms with E-state index in [1.54, 1.807) is 29.3 Å². The molecule has 1 atom stereocenters. The number of aliphatic hydroxyl groups is 1. The lowest BCUT2D eigenvalue weighted by Crippen LogP contribution is -2.27. The van der Waals surface area contributed by atoms with Gasteiger partial charge in [0.2, 0.25) is 0 Å². The van der Waals surface area contributed by atoms with E-state index in [0.29, 0.717) is 40.9 Å². The second-order valence-corrected chi connectivity index (χ2v) is 9.51. The van der Waals surface area contributed by atoms with Crippen molar-refractivity contribution in [3.8, 4) is 28.3 Å². The van der Waals surface area contributed by atoms with Gasteiger partial charge in [0.1, 0.15) is 11.2 Å². The van der Waals surface area contributed by atoms with Crippen molar-refractivity contribution in [1.29, 1.82) is 0 Å². The van der Waals surface area contributed by atoms with Crippen LogP contribution in [0.4, 0.5) is 18.9 Å². The van der Waals surface area contributed by atoms with Gasteiger partial charge in [0.15, 0.2) is 12.2 Å². The number of hydrogen-bond acceptors (Lipinski definition) is 7. The van der Waals surface area contributed by atoms with Crippen LogP contribution in [0.25, 0.3) is 39.2 Å². The first kappa shape index (κ1) is 24.8. The molecule has 0 amide bonds. The van der Waals surface area contributed by atoms with Gasteiger partial charge in [-0.2, -0.15) is 23.0 Å². The molecule has 1 aliphatic rings. The number of pyridine rings is 1. The van der Waals surface area contributed by atoms with Gasteiger partial charge in [0, 0.05) is 41.5 Å². The number of β-amino-alcohol motifs (C(OH)–C–C–N with tert-alkyl or cyclic N) is 1. The van der Waals surface area contributed by atoms with Gasteiger partial charge in [-0.15, -0.1) is 0 Å². The lowest BCUT2D eigenvalue weighted by atomic mass is 10.0. The standard InChI is InChI=1S/C28H22F3N5O3/c1-16-9-17(24-13-32-15-39-24)11-18(10-16)25-21-3-2-7-33-26(21)27(38)36(34-25)23-12-19(35-8-6-20(37)14-35)4-5-22(23)28(29,30)31/h2-5,7,9-13,15,20,37H,6,8,14H2,1H3/t20-/m1/s1. The van der Waals surface area contributed by atoms with Gasteiger partial charge >= 0.3 is 6.18 Å². The zero-order chi connectivity index (χ0) is 27.3. The first-order chi connectivity index (χ1) is 18.7. The van der Waals surface area contributed by atoms with E-state index in [-0.39, 0.29) is 17.8 Å². The lowest BCUT2D eigenvalue weighted by molar-refractivity contribution is -0.137. The fourth-order valence-corrected chi connectivity index (χ4v) is 4.97. The molecule has 0 spiro atoms. The summed E-state index contributed by atoms with van der Waals surface area (Å²) in [6.07, 6.45) is -0.543. The van der Waals surface area contributed by atoms with Crippen molar-refractivity contribution in [2.75, 3.05) is 18.0 Å². The molecular formula is C28H22F3N5O3. The van der Waals surface area contributed by atoms with E-state index in [1.165, 1.54) is 24.7 Å². The van der Waals surface area contributed by atoms with Crippen molar-refractivity contribution in [2.45, 2.75) is 25.6 Å². The van der Waals surface area contributed by atoms with E-state index in [9.17, 15) is 23.1 Å². The number of hydrogen-bond donors (Lipinski definition) is 1. The highest BCUT2D eigenvalue weighted by molar-refractivity contribution is 5.92. The zero-order valence-electron chi connectivity index (χ0n) is 20.7. The Morgan fingerprint density at radius 1 is 1.10 bits per heavy atom. The van der Waals surface area contributed by atoms with Crippen molar-refractivity contribution < 1.29 is 22.7 Å². The number of oxazole rings is 1. The van der Waals surface area contributed by atoms with Gasteiger partial charge < -0.3 is 14.4 Å². The summed E-state index contributed by atoms with van der Waals surface area (Å²) in [6, 6.07) is 12.4. The average molecular weight is 534 g/mol. The van der Waals surface area contributed by atoms with Crippen molar-refractivity contribution in [2.24, 2.45) is 0 Å². The molecule has 1 fully saturated rings. The van der Waals surface area contributed by atoms with Crippen LogP contribution in [0.5, 0.6) is 0 Å². The normalized spacial score (nSPS) is 15.8. The van der Waals surface area contributed by atoms with Crippen LogP contribution in [0.2, 0.25) is 0 Å². The largest absolute Gasteiger partial charge is 0.444 e. The van der Waals surface area contributed by atoms with E-state index < -0.39 is 29.1 Å². The van der Waals surface area contributed by atoms with Crippen molar-refractivity contribution >= 4 is 16.6 Å². The van der Waals surface area contributed by atoms with Gasteiger partial charge in [-0.05, 0) is 67.4 Å². The molecule has 0 radical (unpaired) electrons. The molecule has 1 N–H and O–H groups in total. The minimum absolute atomic E-state index is 0.0136. The summed E-state index contributed by atoms with van der Waals surface area (Å²) < 4.78 is 48.8. The van der Waals surface area contributed by atoms with E-state index in [1.807, 2.05) is 19.1 Å². The maximum atomic E-state index is 14.2. The number of rotatable bonds is 4. The van der Waals surface area contributed by atoms with E-state index >= 15 is 0 Å². The lowest BCUT2D eigenvalue weighted by Gasteiger charge is -2.22. The van der Waals surface area contributed by atoms with Crippen LogP contribution >= 0.6 is 0 Å². The molecule has 4 heterocycles. The minimum Gasteiger partial charge on any atom is -0.444 e. The molecule has 1 saturated heterocycles. The molecule has 0 saturated carbocycles. The van der Waals surface area contributed by atoms with Crippen LogP contribution in [-0.4, -0.2) is 44.0 Å². The summed E-state index contributed by atoms with van der Waals surface area (Å²) in [5.74, 6) is 0.510. The SMILES string of the molecule is Cc1cc(-c2cnco2)cc(-c2nn(-c3cc(N4CC[C@@H](O)C4)ccc3C(F)(F)F)c(=O)c3ncccc23)c1. The summed E-state index contributed by atoms with van der Waals surface area (Å²) >= 11 is 0. The average Bonchev–Trinajstić information content (AvgIpc) is 3.60. The van der Waals surface area contributed by atoms with Crippen LogP contribution in [0, 0.1) is 6.92 Å². The Kier molecular flexibility index (Phi) is 5.95. The molecule has 1 aliphatic heterocycles. The molecule has 8 nitrogen and oxygen atoms in total. The predicted molar refractivity (Wildman–Crippen MR) is 139 cm³/mol. The maximum absolute atomic E-state index is 14.2. The summed E-state index contributed by atoms with van der Waals surface area (Å²) in [6.45, 7) is 2.63. The molecule has 198 valence electrons. The molecule has 3 aromatic heterocycles. The van der Waals surface area contributed by atoms with Crippen molar-refractivity contribution in [3.63, 3.8) is 0 Å². The van der Waals surface area contributed by atoms with Crippen molar-refractivity contribution in [3.05, 3.63) is 88.8 Å². The Labute approximate surface area is 220 Å². The highest BCUT2D eigenvalue weighted by Crippen LogP contribution is 2.37. The van der Waals surface area contributed by atoms with Gasteiger partial charge in [-0.3, -0.25) is 9.78 Å². The Balaban J connectivity index is 1.62. The smallest absolute Gasteiger partial charge is 0.418 e. The van der Waals surface area contributed by atoms with Gasteiger partial charge in [0.25, 0.3) is 5.56 Å². The fourth-order valence-electron chi connectivity index (χ4n) is 4.97. The first-order valence-corrected chi connectivity index (χ1v) is 12.2. The third-order valence-electron chi connectivity index (χ3n) is 6.77. The first-order valence-electron chi connectivity index (χ1n) is 12.2. The number of alkyl halides is 3. The predicted octanol–water partition coefficient (Wildman–Crippen LogP) is 5.00. The summed E-state index contributed by atoms with van der Waals surface area (Å²) in [7, 11) is 0. The molecule has 0 unspecified atom stereocenters. The Hall–Kier alpha value is -4.51. The van der Waals surface area contributed by atoms with Gasteiger partial charge in [0.05, 0.1) is 23.6 Å². The fraction of sp³-hybridized carbons (Fsp3) is 0.214. The van der Waals surface area contributed by atoms with Gasteiger partial charge in [-0.1, -0.05) is 0 Å². The quantitative estimate of drug-likeness (QED) is 0.347. The molecule has 2 aromatic carbocycles. The number of anilines is 1. The second-order valence-electron chi connectivity index (χ2n) is 9.51. The number of fused-ring (bicyclic) bond motifs is 1. The van der Waals surface area contributed by atoms with Crippen molar-refractivity contribution in [1.82, 2.24) is 19.7 Å². The summed E-state index contributed by atoms with van der Waals surface area (Å²) in [4.78, 5) is 23.6. The third kappa shape index (κ3) is 4.54. The molecule has 11 heteroatoms. The molecule has 0 aliphatic carbocycles. The second kappa shape index (κ2) is 9.35. The van der Waals surface area contributed by atoms with Crippen LogP contribution in [0.15, 0.2) is 76.5 Å². The molecular weight excluding hydrogens is 511 g/mol. The number of aliphatic hydroxyl groups excluding tert-OH is 1. The number of aromatic nitrogens is 4. The molecule has 5 aromatic rings. The summed E-state index contributed by atoms with van der Waals surface area (Å²) in [5.41, 5.74) is 0.649. The number of benzene rings is 2. The third-order valence-corrected chi connectivity index (χ3v) is 6.77.